The Morgan fingerprint density at radius 1 is 0.345 bits per heavy atom. The van der Waals surface area contributed by atoms with Crippen molar-refractivity contribution in [2.24, 2.45) is 0 Å². The molecule has 4 aromatic rings. The molecular formula is C46H60N8O4. The number of carbonyl (C=O) groups excluding carboxylic acids is 4. The van der Waals surface area contributed by atoms with Gasteiger partial charge in [0.1, 0.15) is 0 Å². The minimum absolute atomic E-state index is 0.239. The predicted molar refractivity (Wildman–Crippen MR) is 229 cm³/mol. The zero-order valence-corrected chi connectivity index (χ0v) is 34.3. The van der Waals surface area contributed by atoms with Crippen molar-refractivity contribution >= 4 is 24.1 Å². The normalized spacial score (nSPS) is 16.5. The molecule has 0 saturated carbocycles. The Hall–Kier alpha value is -6.04. The number of carbonyl (C=O) groups is 4. The maximum Gasteiger partial charge on any atom is 0.317 e. The van der Waals surface area contributed by atoms with Gasteiger partial charge in [0.05, 0.1) is 24.2 Å². The van der Waals surface area contributed by atoms with Crippen molar-refractivity contribution in [1.82, 2.24) is 40.9 Å². The zero-order chi connectivity index (χ0) is 41.3. The lowest BCUT2D eigenvalue weighted by Crippen LogP contribution is -2.51. The summed E-state index contributed by atoms with van der Waals surface area (Å²) in [6, 6.07) is 37.2. The molecule has 4 aromatic carbocycles. The van der Waals surface area contributed by atoms with E-state index in [1.807, 2.05) is 149 Å². The second-order valence-electron chi connectivity index (χ2n) is 15.0. The summed E-state index contributed by atoms with van der Waals surface area (Å²) in [6.45, 7) is 10.3. The van der Waals surface area contributed by atoms with E-state index in [0.717, 1.165) is 22.3 Å². The monoisotopic (exact) mass is 788 g/mol. The summed E-state index contributed by atoms with van der Waals surface area (Å²) in [5, 5.41) is 12.6. The molecule has 0 aromatic heterocycles. The maximum absolute atomic E-state index is 13.9. The van der Waals surface area contributed by atoms with Crippen LogP contribution in [0.1, 0.15) is 87.0 Å². The molecule has 0 radical (unpaired) electrons. The lowest BCUT2D eigenvalue weighted by molar-refractivity contribution is 0.153. The first-order valence-corrected chi connectivity index (χ1v) is 20.5. The molecule has 58 heavy (non-hydrogen) atoms. The van der Waals surface area contributed by atoms with Crippen LogP contribution in [0.5, 0.6) is 0 Å². The van der Waals surface area contributed by atoms with Crippen LogP contribution < -0.4 is 21.3 Å². The van der Waals surface area contributed by atoms with E-state index in [2.05, 4.69) is 21.3 Å². The van der Waals surface area contributed by atoms with Gasteiger partial charge < -0.3 is 40.9 Å². The van der Waals surface area contributed by atoms with Gasteiger partial charge in [0, 0.05) is 52.4 Å². The first-order chi connectivity index (χ1) is 28.1. The second kappa shape index (κ2) is 22.0. The van der Waals surface area contributed by atoms with Crippen molar-refractivity contribution in [2.45, 2.75) is 64.7 Å². The van der Waals surface area contributed by atoms with Crippen molar-refractivity contribution in [3.63, 3.8) is 0 Å². The lowest BCUT2D eigenvalue weighted by atomic mass is 10.1. The molecule has 1 aliphatic heterocycles. The number of nitrogens with zero attached hydrogens (tertiary/aromatic N) is 4. The van der Waals surface area contributed by atoms with Gasteiger partial charge in [-0.1, -0.05) is 121 Å². The van der Waals surface area contributed by atoms with Crippen LogP contribution in [-0.2, 0) is 0 Å². The first kappa shape index (κ1) is 43.1. The fourth-order valence-electron chi connectivity index (χ4n) is 7.05. The topological polar surface area (TPSA) is 129 Å². The van der Waals surface area contributed by atoms with Crippen LogP contribution in [0.25, 0.3) is 0 Å². The van der Waals surface area contributed by atoms with Gasteiger partial charge >= 0.3 is 24.1 Å². The van der Waals surface area contributed by atoms with Gasteiger partial charge in [0.15, 0.2) is 0 Å². The first-order valence-electron chi connectivity index (χ1n) is 20.5. The highest BCUT2D eigenvalue weighted by molar-refractivity contribution is 5.77. The fourth-order valence-corrected chi connectivity index (χ4v) is 7.05. The number of benzene rings is 4. The summed E-state index contributed by atoms with van der Waals surface area (Å²) < 4.78 is 0. The Labute approximate surface area is 344 Å². The number of rotatable bonds is 8. The van der Waals surface area contributed by atoms with E-state index in [9.17, 15) is 19.2 Å². The van der Waals surface area contributed by atoms with Crippen LogP contribution >= 0.6 is 0 Å². The fraction of sp³-hybridized carbons (Fsp3) is 0.391. The lowest BCUT2D eigenvalue weighted by Gasteiger charge is -2.33. The summed E-state index contributed by atoms with van der Waals surface area (Å²) >= 11 is 0. The molecule has 8 amide bonds. The van der Waals surface area contributed by atoms with E-state index in [-0.39, 0.29) is 74.5 Å². The number of urea groups is 4. The van der Waals surface area contributed by atoms with Crippen molar-refractivity contribution < 1.29 is 19.2 Å². The van der Waals surface area contributed by atoms with Crippen LogP contribution in [0.3, 0.4) is 0 Å². The SMILES string of the molecule is C[C@H](NC(=O)N1CCCN(C(=O)N[C@@H](C)c2ccccc2)CCN(C(=O)N[C@@H](C)c2ccccc2)CCCN(C(=O)N[C@@H](C)c2ccccc2)CC1)c1ccccc1. The minimum atomic E-state index is -0.245. The summed E-state index contributed by atoms with van der Waals surface area (Å²) in [4.78, 5) is 62.7. The van der Waals surface area contributed by atoms with Crippen LogP contribution in [0, 0.1) is 0 Å². The van der Waals surface area contributed by atoms with Crippen LogP contribution in [0.2, 0.25) is 0 Å². The van der Waals surface area contributed by atoms with E-state index in [1.165, 1.54) is 0 Å². The number of hydrogen-bond acceptors (Lipinski definition) is 4. The Balaban J connectivity index is 1.37. The Bertz CT molecular complexity index is 1600. The molecule has 1 heterocycles. The standard InChI is InChI=1S/C46H60N8O4/c1-35(39-19-9-5-10-20-39)47-43(55)51-27-17-28-53(45(57)49-37(3)41-23-13-7-14-24-41)33-34-54(46(58)50-38(4)42-25-15-8-16-26-42)30-18-29-52(32-31-51)44(56)48-36(2)40-21-11-6-12-22-40/h5-16,19-26,35-38H,17-18,27-34H2,1-4H3,(H,47,55)(H,48,56)(H,49,57)(H,50,58)/t35-,36-,37-,38-/m0/s1. The largest absolute Gasteiger partial charge is 0.331 e. The summed E-state index contributed by atoms with van der Waals surface area (Å²) in [5.74, 6) is 0. The third kappa shape index (κ3) is 13.0. The van der Waals surface area contributed by atoms with Crippen molar-refractivity contribution in [2.75, 3.05) is 52.4 Å². The van der Waals surface area contributed by atoms with Gasteiger partial charge in [-0.05, 0) is 62.8 Å². The molecular weight excluding hydrogens is 729 g/mol. The van der Waals surface area contributed by atoms with E-state index in [1.54, 1.807) is 19.6 Å². The highest BCUT2D eigenvalue weighted by Crippen LogP contribution is 2.17. The van der Waals surface area contributed by atoms with Gasteiger partial charge in [-0.3, -0.25) is 0 Å². The molecule has 1 aliphatic rings. The van der Waals surface area contributed by atoms with Gasteiger partial charge in [-0.25, -0.2) is 19.2 Å². The molecule has 0 unspecified atom stereocenters. The van der Waals surface area contributed by atoms with Crippen molar-refractivity contribution in [1.29, 1.82) is 0 Å². The maximum atomic E-state index is 13.9. The average molecular weight is 789 g/mol. The quantitative estimate of drug-likeness (QED) is 0.145. The summed E-state index contributed by atoms with van der Waals surface area (Å²) in [6.07, 6.45) is 0.962. The molecule has 12 nitrogen and oxygen atoms in total. The highest BCUT2D eigenvalue weighted by atomic mass is 16.2. The Kier molecular flexibility index (Phi) is 16.4. The molecule has 1 fully saturated rings. The molecule has 0 spiro atoms. The van der Waals surface area contributed by atoms with Gasteiger partial charge in [-0.2, -0.15) is 0 Å². The average Bonchev–Trinajstić information content (AvgIpc) is 3.25. The summed E-state index contributed by atoms with van der Waals surface area (Å²) in [7, 11) is 0. The van der Waals surface area contributed by atoms with Crippen molar-refractivity contribution in [3.8, 4) is 0 Å². The predicted octanol–water partition coefficient (Wildman–Crippen LogP) is 7.87. The van der Waals surface area contributed by atoms with E-state index < -0.39 is 0 Å². The highest BCUT2D eigenvalue weighted by Gasteiger charge is 2.25. The van der Waals surface area contributed by atoms with Gasteiger partial charge in [0.2, 0.25) is 0 Å². The summed E-state index contributed by atoms with van der Waals surface area (Å²) in [5.41, 5.74) is 3.93. The third-order valence-corrected chi connectivity index (χ3v) is 10.7. The molecule has 1 saturated heterocycles. The smallest absolute Gasteiger partial charge is 0.317 e. The Morgan fingerprint density at radius 2 is 0.534 bits per heavy atom. The number of nitrogens with one attached hydrogen (secondary N) is 4. The van der Waals surface area contributed by atoms with Gasteiger partial charge in [-0.15, -0.1) is 0 Å². The zero-order valence-electron chi connectivity index (χ0n) is 34.3. The molecule has 5 rings (SSSR count). The number of amides is 8. The second-order valence-corrected chi connectivity index (χ2v) is 15.0. The van der Waals surface area contributed by atoms with Crippen molar-refractivity contribution in [3.05, 3.63) is 144 Å². The van der Waals surface area contributed by atoms with Crippen LogP contribution in [0.15, 0.2) is 121 Å². The molecule has 12 heteroatoms. The third-order valence-electron chi connectivity index (χ3n) is 10.7. The molecule has 4 atom stereocenters. The molecule has 4 N–H and O–H groups in total. The van der Waals surface area contributed by atoms with E-state index in [4.69, 9.17) is 0 Å². The van der Waals surface area contributed by atoms with Gasteiger partial charge in [0.25, 0.3) is 0 Å². The van der Waals surface area contributed by atoms with E-state index in [0.29, 0.717) is 39.0 Å². The van der Waals surface area contributed by atoms with Crippen LogP contribution in [-0.4, -0.2) is 96.1 Å². The Morgan fingerprint density at radius 3 is 0.724 bits per heavy atom. The van der Waals surface area contributed by atoms with Crippen LogP contribution in [0.4, 0.5) is 19.2 Å². The minimum Gasteiger partial charge on any atom is -0.331 e. The molecule has 0 bridgehead atoms. The molecule has 0 aliphatic carbocycles. The molecule has 308 valence electrons. The van der Waals surface area contributed by atoms with E-state index >= 15 is 0 Å². The number of hydrogen-bond donors (Lipinski definition) is 4.